The standard InChI is InChI=1S/C17H21N3O/c1-3-10-19-17(21)14-7-6-8-15(12-14)20-13(2)16-9-4-5-11-18-16/h4-9,11-13,20H,3,10H2,1-2H3,(H,19,21). The van der Waals surface area contributed by atoms with Gasteiger partial charge in [-0.05, 0) is 43.7 Å². The lowest BCUT2D eigenvalue weighted by atomic mass is 10.1. The summed E-state index contributed by atoms with van der Waals surface area (Å²) in [7, 11) is 0. The van der Waals surface area contributed by atoms with Gasteiger partial charge in [0.15, 0.2) is 0 Å². The number of amides is 1. The maximum Gasteiger partial charge on any atom is 0.251 e. The molecule has 4 heteroatoms. The molecule has 0 aliphatic rings. The van der Waals surface area contributed by atoms with Gasteiger partial charge in [0.2, 0.25) is 0 Å². The maximum absolute atomic E-state index is 12.0. The van der Waals surface area contributed by atoms with E-state index in [0.29, 0.717) is 12.1 Å². The Hall–Kier alpha value is -2.36. The number of pyridine rings is 1. The third-order valence-electron chi connectivity index (χ3n) is 3.17. The van der Waals surface area contributed by atoms with Crippen LogP contribution >= 0.6 is 0 Å². The summed E-state index contributed by atoms with van der Waals surface area (Å²) in [5.41, 5.74) is 2.55. The Bertz CT molecular complexity index is 584. The van der Waals surface area contributed by atoms with Crippen molar-refractivity contribution in [3.05, 3.63) is 59.9 Å². The van der Waals surface area contributed by atoms with Gasteiger partial charge in [-0.2, -0.15) is 0 Å². The lowest BCUT2D eigenvalue weighted by Gasteiger charge is -2.15. The number of carbonyl (C=O) groups excluding carboxylic acids is 1. The Labute approximate surface area is 125 Å². The number of benzene rings is 1. The Kier molecular flexibility index (Phi) is 5.32. The third kappa shape index (κ3) is 4.31. The molecule has 1 amide bonds. The van der Waals surface area contributed by atoms with Gasteiger partial charge in [0, 0.05) is 24.0 Å². The molecule has 0 fully saturated rings. The summed E-state index contributed by atoms with van der Waals surface area (Å²) in [6.45, 7) is 4.78. The largest absolute Gasteiger partial charge is 0.377 e. The lowest BCUT2D eigenvalue weighted by Crippen LogP contribution is -2.24. The second kappa shape index (κ2) is 7.43. The van der Waals surface area contributed by atoms with Crippen LogP contribution in [0.2, 0.25) is 0 Å². The first-order valence-electron chi connectivity index (χ1n) is 7.26. The number of nitrogens with zero attached hydrogens (tertiary/aromatic N) is 1. The molecule has 1 atom stereocenters. The van der Waals surface area contributed by atoms with Crippen molar-refractivity contribution in [3.8, 4) is 0 Å². The predicted molar refractivity (Wildman–Crippen MR) is 85.3 cm³/mol. The van der Waals surface area contributed by atoms with Crippen LogP contribution in [0.4, 0.5) is 5.69 Å². The van der Waals surface area contributed by atoms with Crippen LogP contribution in [-0.4, -0.2) is 17.4 Å². The van der Waals surface area contributed by atoms with Crippen LogP contribution in [0, 0.1) is 0 Å². The van der Waals surface area contributed by atoms with Gasteiger partial charge < -0.3 is 10.6 Å². The molecule has 2 rings (SSSR count). The van der Waals surface area contributed by atoms with Gasteiger partial charge in [-0.3, -0.25) is 9.78 Å². The first-order chi connectivity index (χ1) is 10.2. The molecule has 2 aromatic rings. The molecular weight excluding hydrogens is 262 g/mol. The molecule has 0 radical (unpaired) electrons. The number of hydrogen-bond donors (Lipinski definition) is 2. The number of aromatic nitrogens is 1. The minimum absolute atomic E-state index is 0.0361. The van der Waals surface area contributed by atoms with E-state index in [1.165, 1.54) is 0 Å². The van der Waals surface area contributed by atoms with Crippen molar-refractivity contribution in [1.82, 2.24) is 10.3 Å². The highest BCUT2D eigenvalue weighted by atomic mass is 16.1. The highest BCUT2D eigenvalue weighted by Gasteiger charge is 2.08. The Balaban J connectivity index is 2.06. The van der Waals surface area contributed by atoms with Gasteiger partial charge in [0.25, 0.3) is 5.91 Å². The molecule has 2 N–H and O–H groups in total. The van der Waals surface area contributed by atoms with E-state index in [9.17, 15) is 4.79 Å². The van der Waals surface area contributed by atoms with Crippen LogP contribution in [-0.2, 0) is 0 Å². The summed E-state index contributed by atoms with van der Waals surface area (Å²) in [5.74, 6) is -0.0361. The van der Waals surface area contributed by atoms with Crippen molar-refractivity contribution >= 4 is 11.6 Å². The summed E-state index contributed by atoms with van der Waals surface area (Å²) in [6, 6.07) is 13.5. The summed E-state index contributed by atoms with van der Waals surface area (Å²) >= 11 is 0. The number of anilines is 1. The smallest absolute Gasteiger partial charge is 0.251 e. The number of hydrogen-bond acceptors (Lipinski definition) is 3. The molecule has 1 heterocycles. The molecule has 1 aromatic heterocycles. The summed E-state index contributed by atoms with van der Waals surface area (Å²) in [4.78, 5) is 16.3. The second-order valence-electron chi connectivity index (χ2n) is 4.96. The van der Waals surface area contributed by atoms with Crippen molar-refractivity contribution in [3.63, 3.8) is 0 Å². The third-order valence-corrected chi connectivity index (χ3v) is 3.17. The van der Waals surface area contributed by atoms with Crippen molar-refractivity contribution in [2.45, 2.75) is 26.3 Å². The quantitative estimate of drug-likeness (QED) is 0.854. The SMILES string of the molecule is CCCNC(=O)c1cccc(NC(C)c2ccccn2)c1. The number of carbonyl (C=O) groups is 1. The van der Waals surface area contributed by atoms with E-state index in [0.717, 1.165) is 17.8 Å². The van der Waals surface area contributed by atoms with E-state index in [1.807, 2.05) is 56.3 Å². The van der Waals surface area contributed by atoms with Gasteiger partial charge in [-0.25, -0.2) is 0 Å². The van der Waals surface area contributed by atoms with Crippen LogP contribution in [0.15, 0.2) is 48.7 Å². The van der Waals surface area contributed by atoms with Crippen molar-refractivity contribution in [1.29, 1.82) is 0 Å². The molecule has 0 aliphatic carbocycles. The number of nitrogens with one attached hydrogen (secondary N) is 2. The van der Waals surface area contributed by atoms with Gasteiger partial charge in [0.1, 0.15) is 0 Å². The normalized spacial score (nSPS) is 11.7. The van der Waals surface area contributed by atoms with Crippen molar-refractivity contribution in [2.24, 2.45) is 0 Å². The first kappa shape index (κ1) is 15.0. The van der Waals surface area contributed by atoms with Gasteiger partial charge in [-0.1, -0.05) is 19.1 Å². The average molecular weight is 283 g/mol. The Morgan fingerprint density at radius 1 is 1.24 bits per heavy atom. The topological polar surface area (TPSA) is 54.0 Å². The Morgan fingerprint density at radius 2 is 2.10 bits per heavy atom. The average Bonchev–Trinajstić information content (AvgIpc) is 2.53. The van der Waals surface area contributed by atoms with Gasteiger partial charge >= 0.3 is 0 Å². The minimum Gasteiger partial charge on any atom is -0.377 e. The molecule has 0 spiro atoms. The fourth-order valence-electron chi connectivity index (χ4n) is 2.05. The molecular formula is C17H21N3O. The molecule has 0 bridgehead atoms. The van der Waals surface area contributed by atoms with E-state index in [1.54, 1.807) is 6.20 Å². The molecule has 0 aliphatic heterocycles. The van der Waals surface area contributed by atoms with Crippen molar-refractivity contribution < 1.29 is 4.79 Å². The molecule has 21 heavy (non-hydrogen) atoms. The molecule has 1 unspecified atom stereocenters. The molecule has 110 valence electrons. The van der Waals surface area contributed by atoms with Crippen molar-refractivity contribution in [2.75, 3.05) is 11.9 Å². The van der Waals surface area contributed by atoms with Crippen LogP contribution in [0.1, 0.15) is 42.4 Å². The second-order valence-corrected chi connectivity index (χ2v) is 4.96. The minimum atomic E-state index is -0.0361. The van der Waals surface area contributed by atoms with Gasteiger partial charge in [-0.15, -0.1) is 0 Å². The maximum atomic E-state index is 12.0. The highest BCUT2D eigenvalue weighted by Crippen LogP contribution is 2.18. The fraction of sp³-hybridized carbons (Fsp3) is 0.294. The molecule has 0 saturated heterocycles. The van der Waals surface area contributed by atoms with E-state index >= 15 is 0 Å². The Morgan fingerprint density at radius 3 is 2.81 bits per heavy atom. The molecule has 1 aromatic carbocycles. The number of rotatable bonds is 6. The lowest BCUT2D eigenvalue weighted by molar-refractivity contribution is 0.0953. The zero-order chi connectivity index (χ0) is 15.1. The van der Waals surface area contributed by atoms with Crippen LogP contribution in [0.25, 0.3) is 0 Å². The van der Waals surface area contributed by atoms with E-state index in [4.69, 9.17) is 0 Å². The van der Waals surface area contributed by atoms with Crippen LogP contribution < -0.4 is 10.6 Å². The zero-order valence-electron chi connectivity index (χ0n) is 12.5. The zero-order valence-corrected chi connectivity index (χ0v) is 12.5. The fourth-order valence-corrected chi connectivity index (χ4v) is 2.05. The summed E-state index contributed by atoms with van der Waals surface area (Å²) < 4.78 is 0. The highest BCUT2D eigenvalue weighted by molar-refractivity contribution is 5.95. The molecule has 4 nitrogen and oxygen atoms in total. The van der Waals surface area contributed by atoms with Crippen LogP contribution in [0.5, 0.6) is 0 Å². The molecule has 0 saturated carbocycles. The summed E-state index contributed by atoms with van der Waals surface area (Å²) in [6.07, 6.45) is 2.71. The van der Waals surface area contributed by atoms with E-state index < -0.39 is 0 Å². The van der Waals surface area contributed by atoms with Gasteiger partial charge in [0.05, 0.1) is 11.7 Å². The van der Waals surface area contributed by atoms with Crippen LogP contribution in [0.3, 0.4) is 0 Å². The van der Waals surface area contributed by atoms with E-state index in [2.05, 4.69) is 15.6 Å². The predicted octanol–water partition coefficient (Wildman–Crippen LogP) is 3.39. The van der Waals surface area contributed by atoms with E-state index in [-0.39, 0.29) is 11.9 Å². The monoisotopic (exact) mass is 283 g/mol. The first-order valence-corrected chi connectivity index (χ1v) is 7.26. The summed E-state index contributed by atoms with van der Waals surface area (Å²) in [5, 5.41) is 6.25.